The quantitative estimate of drug-likeness (QED) is 0.147. The number of aliphatic imine (C=N–C) groups is 1. The minimum absolute atomic E-state index is 0.122. The van der Waals surface area contributed by atoms with Crippen molar-refractivity contribution in [2.75, 3.05) is 30.4 Å². The van der Waals surface area contributed by atoms with Crippen LogP contribution in [0.5, 0.6) is 11.5 Å². The lowest BCUT2D eigenvalue weighted by molar-refractivity contribution is -0.164. The first-order valence-corrected chi connectivity index (χ1v) is 20.9. The van der Waals surface area contributed by atoms with Gasteiger partial charge in [-0.3, -0.25) is 9.79 Å². The number of rotatable bonds is 9. The third-order valence-corrected chi connectivity index (χ3v) is 13.3. The van der Waals surface area contributed by atoms with Crippen molar-refractivity contribution < 1.29 is 18.8 Å². The Kier molecular flexibility index (Phi) is 9.81. The van der Waals surface area contributed by atoms with Gasteiger partial charge in [0, 0.05) is 66.6 Å². The molecule has 13 nitrogen and oxygen atoms in total. The Bertz CT molecular complexity index is 2520. The SMILES string of the molecule is CNc1ccc2c(n1)C(c1ccc(OC3CC4(CCCN(c5ncc(C(=O)NC6C(C)(C)C(Oc7ccc(C#N)c(Cl)c7)C6(C)C)cn5)C4)C3)cc1)=NCc1onc(C)c1-2. The van der Waals surface area contributed by atoms with Gasteiger partial charge in [0.1, 0.15) is 36.0 Å². The Morgan fingerprint density at radius 2 is 1.73 bits per heavy atom. The van der Waals surface area contributed by atoms with Gasteiger partial charge < -0.3 is 29.5 Å². The molecule has 2 N–H and O–H groups in total. The summed E-state index contributed by atoms with van der Waals surface area (Å²) in [4.78, 5) is 35.0. The van der Waals surface area contributed by atoms with E-state index in [-0.39, 0.29) is 40.4 Å². The fraction of sp³-hybridized carbons (Fsp3) is 0.413. The maximum absolute atomic E-state index is 13.5. The number of hydrogen-bond acceptors (Lipinski definition) is 12. The minimum atomic E-state index is -0.383. The number of aryl methyl sites for hydroxylation is 1. The molecule has 14 heteroatoms. The van der Waals surface area contributed by atoms with Gasteiger partial charge >= 0.3 is 0 Å². The molecule has 2 saturated carbocycles. The maximum atomic E-state index is 13.5. The molecule has 60 heavy (non-hydrogen) atoms. The molecule has 1 amide bonds. The fourth-order valence-corrected chi connectivity index (χ4v) is 10.5. The standard InChI is InChI=1S/C46H48ClN9O4/c1-26-37-33-14-15-36(49-6)53-39(33)38(50-24-35(37)60-55-26)27-8-11-30(12-9-27)58-32-19-46(20-32)16-7-17-56(25-46)43-51-22-29(23-52-43)40(57)54-41-44(2,3)42(45(41,4)5)59-31-13-10-28(21-48)34(47)18-31/h8-15,18,22-23,32,41-42H,7,16-17,19-20,24-25H2,1-6H3,(H,49,53)(H,54,57). The first-order chi connectivity index (χ1) is 28.8. The smallest absolute Gasteiger partial charge is 0.254 e. The summed E-state index contributed by atoms with van der Waals surface area (Å²) in [6.45, 7) is 12.4. The van der Waals surface area contributed by atoms with E-state index in [0.717, 1.165) is 89.9 Å². The first kappa shape index (κ1) is 39.5. The number of nitrogens with one attached hydrogen (secondary N) is 2. The molecule has 5 aromatic rings. The highest BCUT2D eigenvalue weighted by atomic mass is 35.5. The molecule has 9 rings (SSSR count). The van der Waals surface area contributed by atoms with Crippen LogP contribution in [-0.2, 0) is 6.54 Å². The number of hydrogen-bond donors (Lipinski definition) is 2. The van der Waals surface area contributed by atoms with Gasteiger partial charge in [0.25, 0.3) is 5.91 Å². The Labute approximate surface area is 354 Å². The van der Waals surface area contributed by atoms with Crippen LogP contribution in [0.25, 0.3) is 11.1 Å². The second kappa shape index (κ2) is 14.9. The lowest BCUT2D eigenvalue weighted by atomic mass is 9.49. The number of ether oxygens (including phenoxy) is 2. The molecule has 2 aromatic carbocycles. The van der Waals surface area contributed by atoms with E-state index in [2.05, 4.69) is 82.6 Å². The number of amides is 1. The Balaban J connectivity index is 0.799. The van der Waals surface area contributed by atoms with E-state index in [9.17, 15) is 10.1 Å². The zero-order valence-electron chi connectivity index (χ0n) is 34.7. The Morgan fingerprint density at radius 3 is 2.43 bits per heavy atom. The number of halogens is 1. The molecule has 1 saturated heterocycles. The topological polar surface area (TPSA) is 164 Å². The summed E-state index contributed by atoms with van der Waals surface area (Å²) in [7, 11) is 1.86. The summed E-state index contributed by atoms with van der Waals surface area (Å²) < 4.78 is 18.5. The van der Waals surface area contributed by atoms with Gasteiger partial charge in [0.2, 0.25) is 5.95 Å². The molecule has 2 aliphatic heterocycles. The van der Waals surface area contributed by atoms with Crippen LogP contribution in [-0.4, -0.2) is 70.1 Å². The van der Waals surface area contributed by atoms with Crippen molar-refractivity contribution in [1.82, 2.24) is 25.4 Å². The summed E-state index contributed by atoms with van der Waals surface area (Å²) >= 11 is 6.26. The summed E-state index contributed by atoms with van der Waals surface area (Å²) in [5.74, 6) is 3.34. The highest BCUT2D eigenvalue weighted by Gasteiger charge is 2.64. The van der Waals surface area contributed by atoms with Gasteiger partial charge in [0.05, 0.1) is 44.9 Å². The molecular weight excluding hydrogens is 778 g/mol. The van der Waals surface area contributed by atoms with Crippen LogP contribution in [0.3, 0.4) is 0 Å². The highest BCUT2D eigenvalue weighted by molar-refractivity contribution is 6.31. The van der Waals surface area contributed by atoms with E-state index >= 15 is 0 Å². The van der Waals surface area contributed by atoms with Crippen LogP contribution >= 0.6 is 11.6 Å². The predicted octanol–water partition coefficient (Wildman–Crippen LogP) is 8.19. The fourth-order valence-electron chi connectivity index (χ4n) is 10.3. The normalized spacial score (nSPS) is 20.9. The molecule has 3 fully saturated rings. The zero-order valence-corrected chi connectivity index (χ0v) is 35.4. The molecule has 4 aliphatic rings. The van der Waals surface area contributed by atoms with Crippen LogP contribution in [0.15, 0.2) is 76.5 Å². The molecule has 0 unspecified atom stereocenters. The number of benzene rings is 2. The monoisotopic (exact) mass is 825 g/mol. The van der Waals surface area contributed by atoms with Crippen LogP contribution < -0.4 is 25.0 Å². The largest absolute Gasteiger partial charge is 0.490 e. The van der Waals surface area contributed by atoms with Crippen LogP contribution in [0.4, 0.5) is 11.8 Å². The van der Waals surface area contributed by atoms with Crippen LogP contribution in [0.2, 0.25) is 5.02 Å². The van der Waals surface area contributed by atoms with Crippen molar-refractivity contribution >= 4 is 35.0 Å². The number of nitrogens with zero attached hydrogens (tertiary/aromatic N) is 7. The minimum Gasteiger partial charge on any atom is -0.490 e. The molecule has 5 heterocycles. The van der Waals surface area contributed by atoms with E-state index < -0.39 is 0 Å². The summed E-state index contributed by atoms with van der Waals surface area (Å²) in [6.07, 6.45) is 7.25. The van der Waals surface area contributed by atoms with Crippen LogP contribution in [0, 0.1) is 34.5 Å². The predicted molar refractivity (Wildman–Crippen MR) is 229 cm³/mol. The molecule has 1 spiro atoms. The van der Waals surface area contributed by atoms with Gasteiger partial charge in [0.15, 0.2) is 5.76 Å². The van der Waals surface area contributed by atoms with E-state index in [0.29, 0.717) is 34.4 Å². The summed E-state index contributed by atoms with van der Waals surface area (Å²) in [5, 5.41) is 20.2. The van der Waals surface area contributed by atoms with Crippen molar-refractivity contribution in [2.24, 2.45) is 21.2 Å². The summed E-state index contributed by atoms with van der Waals surface area (Å²) in [5.41, 5.74) is 5.47. The number of piperidine rings is 1. The average molecular weight is 826 g/mol. The molecule has 3 aromatic heterocycles. The molecule has 0 bridgehead atoms. The van der Waals surface area contributed by atoms with Gasteiger partial charge in [-0.2, -0.15) is 5.26 Å². The van der Waals surface area contributed by atoms with Crippen molar-refractivity contribution in [2.45, 2.75) is 85.1 Å². The number of carbonyl (C=O) groups is 1. The zero-order chi connectivity index (χ0) is 42.0. The maximum Gasteiger partial charge on any atom is 0.254 e. The molecule has 0 atom stereocenters. The third kappa shape index (κ3) is 6.90. The third-order valence-electron chi connectivity index (χ3n) is 13.0. The lowest BCUT2D eigenvalue weighted by Gasteiger charge is -2.63. The Morgan fingerprint density at radius 1 is 1.00 bits per heavy atom. The summed E-state index contributed by atoms with van der Waals surface area (Å²) in [6, 6.07) is 19.1. The van der Waals surface area contributed by atoms with Crippen molar-refractivity contribution in [3.63, 3.8) is 0 Å². The number of anilines is 2. The van der Waals surface area contributed by atoms with Crippen LogP contribution in [0.1, 0.15) is 92.0 Å². The molecule has 0 radical (unpaired) electrons. The van der Waals surface area contributed by atoms with E-state index in [1.807, 2.05) is 32.2 Å². The number of aromatic nitrogens is 4. The van der Waals surface area contributed by atoms with Crippen molar-refractivity contribution in [1.29, 1.82) is 5.26 Å². The number of fused-ring (bicyclic) bond motifs is 3. The number of carbonyl (C=O) groups excluding carboxylic acids is 1. The average Bonchev–Trinajstić information content (AvgIpc) is 3.52. The van der Waals surface area contributed by atoms with Crippen molar-refractivity contribution in [3.8, 4) is 28.7 Å². The van der Waals surface area contributed by atoms with Gasteiger partial charge in [-0.25, -0.2) is 15.0 Å². The molecule has 2 aliphatic carbocycles. The van der Waals surface area contributed by atoms with Crippen molar-refractivity contribution in [3.05, 3.63) is 106 Å². The van der Waals surface area contributed by atoms with Gasteiger partial charge in [-0.05, 0) is 86.6 Å². The van der Waals surface area contributed by atoms with E-state index in [4.69, 9.17) is 35.6 Å². The number of pyridine rings is 1. The lowest BCUT2D eigenvalue weighted by Crippen LogP contribution is -2.74. The van der Waals surface area contributed by atoms with Gasteiger partial charge in [-0.15, -0.1) is 0 Å². The Hall–Kier alpha value is -6.00. The molecule has 308 valence electrons. The molecular formula is C46H48ClN9O4. The second-order valence-electron chi connectivity index (χ2n) is 17.8. The van der Waals surface area contributed by atoms with Gasteiger partial charge in [-0.1, -0.05) is 44.5 Å². The van der Waals surface area contributed by atoms with E-state index in [1.165, 1.54) is 0 Å². The highest BCUT2D eigenvalue weighted by Crippen LogP contribution is 2.56. The second-order valence-corrected chi connectivity index (χ2v) is 18.3. The first-order valence-electron chi connectivity index (χ1n) is 20.5. The van der Waals surface area contributed by atoms with E-state index in [1.54, 1.807) is 30.6 Å². The number of nitriles is 1.